The van der Waals surface area contributed by atoms with E-state index in [2.05, 4.69) is 27.3 Å². The molecule has 2 rings (SSSR count). The molecule has 0 atom stereocenters. The molecule has 2 aromatic heterocycles. The van der Waals surface area contributed by atoms with Crippen LogP contribution in [0.2, 0.25) is 0 Å². The van der Waals surface area contributed by atoms with Crippen LogP contribution in [0.25, 0.3) is 0 Å². The Balaban J connectivity index is 0.000000291. The molecule has 2 heterocycles. The van der Waals surface area contributed by atoms with Gasteiger partial charge in [0.25, 0.3) is 0 Å². The maximum Gasteiger partial charge on any atom is 0.234 e. The van der Waals surface area contributed by atoms with E-state index in [4.69, 9.17) is 20.1 Å². The number of hydrogen-bond acceptors (Lipinski definition) is 9. The van der Waals surface area contributed by atoms with Crippen LogP contribution in [0.15, 0.2) is 22.6 Å². The predicted molar refractivity (Wildman–Crippen MR) is 116 cm³/mol. The standard InChI is InChI=1S/C11H20N2OS.C9H9N3O2/c1-12-6-7-15-9-11-5-4-10(14-11)8-13(2)3;1-2-14-9-7(4-10)8(11)3-6(5-13)12-9/h4-5,12H,6-9H2,1-3H3;3,5H,2H2,1H3,(H2,11,12). The molecule has 0 bridgehead atoms. The minimum Gasteiger partial charge on any atom is -0.477 e. The number of anilines is 1. The van der Waals surface area contributed by atoms with Crippen molar-refractivity contribution in [3.8, 4) is 11.9 Å². The number of thioether (sulfide) groups is 1. The summed E-state index contributed by atoms with van der Waals surface area (Å²) in [6, 6.07) is 7.35. The van der Waals surface area contributed by atoms with E-state index in [1.54, 1.807) is 6.92 Å². The summed E-state index contributed by atoms with van der Waals surface area (Å²) in [6.45, 7) is 4.05. The molecule has 0 saturated carbocycles. The first-order valence-corrected chi connectivity index (χ1v) is 10.3. The fraction of sp³-hybridized carbons (Fsp3) is 0.450. The van der Waals surface area contributed by atoms with Crippen LogP contribution in [0.5, 0.6) is 5.88 Å². The van der Waals surface area contributed by atoms with Crippen LogP contribution < -0.4 is 15.8 Å². The van der Waals surface area contributed by atoms with Crippen LogP contribution in [0.3, 0.4) is 0 Å². The summed E-state index contributed by atoms with van der Waals surface area (Å²) in [5, 5.41) is 11.9. The highest BCUT2D eigenvalue weighted by Gasteiger charge is 2.10. The van der Waals surface area contributed by atoms with Crippen LogP contribution in [0.4, 0.5) is 5.69 Å². The van der Waals surface area contributed by atoms with Gasteiger partial charge in [-0.25, -0.2) is 4.98 Å². The van der Waals surface area contributed by atoms with Crippen molar-refractivity contribution in [1.82, 2.24) is 15.2 Å². The van der Waals surface area contributed by atoms with E-state index in [1.807, 2.05) is 39.0 Å². The lowest BCUT2D eigenvalue weighted by molar-refractivity contribution is 0.111. The summed E-state index contributed by atoms with van der Waals surface area (Å²) >= 11 is 1.89. The maximum atomic E-state index is 10.5. The lowest BCUT2D eigenvalue weighted by Crippen LogP contribution is -2.10. The Labute approximate surface area is 176 Å². The van der Waals surface area contributed by atoms with Crippen LogP contribution >= 0.6 is 11.8 Å². The first kappa shape index (κ1) is 24.5. The third-order valence-electron chi connectivity index (χ3n) is 3.48. The van der Waals surface area contributed by atoms with Gasteiger partial charge in [0.05, 0.1) is 24.6 Å². The fourth-order valence-corrected chi connectivity index (χ4v) is 3.07. The molecule has 0 aromatic carbocycles. The first-order chi connectivity index (χ1) is 13.9. The van der Waals surface area contributed by atoms with Gasteiger partial charge in [-0.1, -0.05) is 0 Å². The molecular weight excluding hydrogens is 390 g/mol. The normalized spacial score (nSPS) is 10.2. The second-order valence-corrected chi connectivity index (χ2v) is 7.35. The SMILES string of the molecule is CCOc1nc(C=O)cc(N)c1C#N.CNCCSCc1ccc(CN(C)C)o1. The van der Waals surface area contributed by atoms with Gasteiger partial charge in [-0.05, 0) is 46.3 Å². The molecule has 0 fully saturated rings. The number of nitrogens with zero attached hydrogens (tertiary/aromatic N) is 3. The van der Waals surface area contributed by atoms with E-state index in [-0.39, 0.29) is 22.8 Å². The number of aldehydes is 1. The molecule has 0 aliphatic carbocycles. The highest BCUT2D eigenvalue weighted by molar-refractivity contribution is 7.98. The molecule has 9 heteroatoms. The summed E-state index contributed by atoms with van der Waals surface area (Å²) in [4.78, 5) is 16.4. The molecule has 0 aliphatic rings. The van der Waals surface area contributed by atoms with Gasteiger partial charge in [-0.3, -0.25) is 4.79 Å². The van der Waals surface area contributed by atoms with Gasteiger partial charge in [-0.15, -0.1) is 0 Å². The van der Waals surface area contributed by atoms with Crippen LogP contribution in [-0.2, 0) is 12.3 Å². The summed E-state index contributed by atoms with van der Waals surface area (Å²) in [5.41, 5.74) is 6.06. The Bertz CT molecular complexity index is 802. The number of nitriles is 1. The third-order valence-corrected chi connectivity index (χ3v) is 4.46. The zero-order valence-electron chi connectivity index (χ0n) is 17.4. The second kappa shape index (κ2) is 13.6. The Morgan fingerprint density at radius 3 is 2.72 bits per heavy atom. The van der Waals surface area contributed by atoms with Crippen LogP contribution in [0, 0.1) is 11.3 Å². The summed E-state index contributed by atoms with van der Waals surface area (Å²) in [6.07, 6.45) is 0.556. The lowest BCUT2D eigenvalue weighted by Gasteiger charge is -2.06. The minimum absolute atomic E-state index is 0.108. The van der Waals surface area contributed by atoms with Crippen LogP contribution in [-0.4, -0.2) is 56.2 Å². The Kier molecular flexibility index (Phi) is 11.5. The number of furan rings is 1. The summed E-state index contributed by atoms with van der Waals surface area (Å²) in [5.74, 6) is 4.32. The summed E-state index contributed by atoms with van der Waals surface area (Å²) < 4.78 is 10.8. The molecule has 0 unspecified atom stereocenters. The van der Waals surface area contributed by atoms with Gasteiger partial charge in [0.15, 0.2) is 6.29 Å². The molecule has 0 aliphatic heterocycles. The van der Waals surface area contributed by atoms with Gasteiger partial charge < -0.3 is 25.1 Å². The average Bonchev–Trinajstić information content (AvgIpc) is 3.12. The topological polar surface area (TPSA) is 117 Å². The number of nitrogen functional groups attached to an aromatic ring is 1. The number of nitrogens with one attached hydrogen (secondary N) is 1. The highest BCUT2D eigenvalue weighted by atomic mass is 32.2. The van der Waals surface area contributed by atoms with E-state index >= 15 is 0 Å². The molecule has 29 heavy (non-hydrogen) atoms. The van der Waals surface area contributed by atoms with Crippen molar-refractivity contribution in [3.05, 3.63) is 41.0 Å². The van der Waals surface area contributed by atoms with E-state index in [0.29, 0.717) is 12.9 Å². The summed E-state index contributed by atoms with van der Waals surface area (Å²) in [7, 11) is 6.07. The smallest absolute Gasteiger partial charge is 0.234 e. The molecule has 0 radical (unpaired) electrons. The van der Waals surface area contributed by atoms with Crippen molar-refractivity contribution in [2.24, 2.45) is 0 Å². The van der Waals surface area contributed by atoms with Crippen molar-refractivity contribution in [3.63, 3.8) is 0 Å². The van der Waals surface area contributed by atoms with Gasteiger partial charge in [0.1, 0.15) is 28.8 Å². The minimum atomic E-state index is 0.108. The molecule has 158 valence electrons. The number of carbonyl (C=O) groups is 1. The zero-order chi connectivity index (χ0) is 21.6. The Morgan fingerprint density at radius 1 is 1.41 bits per heavy atom. The molecule has 0 amide bonds. The number of aromatic nitrogens is 1. The highest BCUT2D eigenvalue weighted by Crippen LogP contribution is 2.21. The predicted octanol–water partition coefficient (Wildman–Crippen LogP) is 2.54. The quantitative estimate of drug-likeness (QED) is 0.442. The van der Waals surface area contributed by atoms with Gasteiger partial charge in [0.2, 0.25) is 5.88 Å². The van der Waals surface area contributed by atoms with E-state index in [0.717, 1.165) is 36.1 Å². The number of carbonyl (C=O) groups excluding carboxylic acids is 1. The van der Waals surface area contributed by atoms with Gasteiger partial charge in [-0.2, -0.15) is 17.0 Å². The molecule has 2 aromatic rings. The van der Waals surface area contributed by atoms with Gasteiger partial charge >= 0.3 is 0 Å². The zero-order valence-corrected chi connectivity index (χ0v) is 18.2. The number of nitrogens with two attached hydrogens (primary N) is 1. The molecule has 0 spiro atoms. The van der Waals surface area contributed by atoms with Gasteiger partial charge in [0, 0.05) is 12.3 Å². The maximum absolute atomic E-state index is 10.5. The van der Waals surface area contributed by atoms with E-state index < -0.39 is 0 Å². The number of pyridine rings is 1. The third kappa shape index (κ3) is 9.00. The van der Waals surface area contributed by atoms with Crippen molar-refractivity contribution < 1.29 is 13.9 Å². The van der Waals surface area contributed by atoms with Crippen molar-refractivity contribution >= 4 is 23.7 Å². The van der Waals surface area contributed by atoms with E-state index in [1.165, 1.54) is 6.07 Å². The largest absolute Gasteiger partial charge is 0.477 e. The Morgan fingerprint density at radius 2 is 2.14 bits per heavy atom. The lowest BCUT2D eigenvalue weighted by atomic mass is 10.2. The van der Waals surface area contributed by atoms with Crippen molar-refractivity contribution in [2.75, 3.05) is 45.8 Å². The number of rotatable bonds is 10. The van der Waals surface area contributed by atoms with Crippen LogP contribution in [0.1, 0.15) is 34.5 Å². The molecular formula is C20H29N5O3S. The molecule has 0 saturated heterocycles. The molecule has 8 nitrogen and oxygen atoms in total. The van der Waals surface area contributed by atoms with E-state index in [9.17, 15) is 4.79 Å². The first-order valence-electron chi connectivity index (χ1n) is 9.18. The number of hydrogen-bond donors (Lipinski definition) is 2. The monoisotopic (exact) mass is 419 g/mol. The van der Waals surface area contributed by atoms with Crippen molar-refractivity contribution in [2.45, 2.75) is 19.2 Å². The fourth-order valence-electron chi connectivity index (χ4n) is 2.22. The molecule has 3 N–H and O–H groups in total. The second-order valence-electron chi connectivity index (χ2n) is 6.24. The Hall–Kier alpha value is -2.54. The number of ether oxygens (including phenoxy) is 1. The van der Waals surface area contributed by atoms with Crippen molar-refractivity contribution in [1.29, 1.82) is 5.26 Å². The average molecular weight is 420 g/mol.